The fraction of sp³-hybridized carbons (Fsp3) is 0.267. The SMILES string of the molecule is CCCCc1cc2ccc3c4ccc5c(ccc6cc(CCCC)oc65)c4ccc3c2o1. The summed E-state index contributed by atoms with van der Waals surface area (Å²) in [5.74, 6) is 2.18. The minimum absolute atomic E-state index is 1.00. The minimum atomic E-state index is 1.00. The lowest BCUT2D eigenvalue weighted by atomic mass is 9.95. The van der Waals surface area contributed by atoms with Gasteiger partial charge in [0.15, 0.2) is 0 Å². The molecule has 0 radical (unpaired) electrons. The summed E-state index contributed by atoms with van der Waals surface area (Å²) in [4.78, 5) is 0. The Morgan fingerprint density at radius 2 is 0.875 bits per heavy atom. The van der Waals surface area contributed by atoms with Gasteiger partial charge in [-0.3, -0.25) is 0 Å². The molecule has 2 heterocycles. The third-order valence-corrected chi connectivity index (χ3v) is 6.81. The molecule has 0 aliphatic heterocycles. The number of benzene rings is 4. The van der Waals surface area contributed by atoms with Gasteiger partial charge < -0.3 is 8.83 Å². The van der Waals surface area contributed by atoms with E-state index in [0.29, 0.717) is 0 Å². The number of aryl methyl sites for hydroxylation is 2. The average molecular weight is 421 g/mol. The average Bonchev–Trinajstić information content (AvgIpc) is 3.44. The lowest BCUT2D eigenvalue weighted by molar-refractivity contribution is 0.538. The topological polar surface area (TPSA) is 26.3 Å². The van der Waals surface area contributed by atoms with Crippen LogP contribution in [0.5, 0.6) is 0 Å². The van der Waals surface area contributed by atoms with Crippen molar-refractivity contribution in [3.63, 3.8) is 0 Å². The molecule has 0 aliphatic carbocycles. The molecule has 0 saturated heterocycles. The highest BCUT2D eigenvalue weighted by atomic mass is 16.3. The van der Waals surface area contributed by atoms with Crippen molar-refractivity contribution in [3.05, 3.63) is 72.2 Å². The Bertz CT molecular complexity index is 1470. The van der Waals surface area contributed by atoms with Crippen molar-refractivity contribution in [2.24, 2.45) is 0 Å². The maximum Gasteiger partial charge on any atom is 0.142 e. The van der Waals surface area contributed by atoms with Gasteiger partial charge in [0.05, 0.1) is 0 Å². The predicted octanol–water partition coefficient (Wildman–Crippen LogP) is 9.32. The maximum absolute atomic E-state index is 6.30. The second kappa shape index (κ2) is 7.70. The summed E-state index contributed by atoms with van der Waals surface area (Å²) in [6.07, 6.45) is 6.69. The summed E-state index contributed by atoms with van der Waals surface area (Å²) in [7, 11) is 0. The Labute approximate surface area is 187 Å². The van der Waals surface area contributed by atoms with E-state index in [4.69, 9.17) is 8.83 Å². The highest BCUT2D eigenvalue weighted by Gasteiger charge is 2.13. The van der Waals surface area contributed by atoms with Crippen LogP contribution in [0.3, 0.4) is 0 Å². The van der Waals surface area contributed by atoms with Gasteiger partial charge in [-0.1, -0.05) is 63.1 Å². The monoisotopic (exact) mass is 420 g/mol. The molecule has 160 valence electrons. The second-order valence-electron chi connectivity index (χ2n) is 9.02. The summed E-state index contributed by atoms with van der Waals surface area (Å²) in [6, 6.07) is 22.3. The van der Waals surface area contributed by atoms with Gasteiger partial charge >= 0.3 is 0 Å². The van der Waals surface area contributed by atoms with E-state index in [2.05, 4.69) is 74.5 Å². The van der Waals surface area contributed by atoms with Crippen LogP contribution in [0.1, 0.15) is 51.1 Å². The first-order valence-corrected chi connectivity index (χ1v) is 12.0. The molecule has 0 aliphatic rings. The summed E-state index contributed by atoms with van der Waals surface area (Å²) in [5.41, 5.74) is 2.02. The van der Waals surface area contributed by atoms with Crippen molar-refractivity contribution in [2.45, 2.75) is 52.4 Å². The molecule has 2 nitrogen and oxygen atoms in total. The predicted molar refractivity (Wildman–Crippen MR) is 136 cm³/mol. The zero-order valence-corrected chi connectivity index (χ0v) is 18.8. The molecule has 0 unspecified atom stereocenters. The van der Waals surface area contributed by atoms with Gasteiger partial charge in [0.25, 0.3) is 0 Å². The molecule has 0 amide bonds. The minimum Gasteiger partial charge on any atom is -0.460 e. The highest BCUT2D eigenvalue weighted by Crippen LogP contribution is 2.38. The first kappa shape index (κ1) is 19.4. The van der Waals surface area contributed by atoms with Crippen molar-refractivity contribution in [1.82, 2.24) is 0 Å². The molecular formula is C30H28O2. The van der Waals surface area contributed by atoms with Crippen LogP contribution in [0, 0.1) is 0 Å². The van der Waals surface area contributed by atoms with Crippen LogP contribution in [-0.4, -0.2) is 0 Å². The molecule has 2 aromatic heterocycles. The third kappa shape index (κ3) is 3.01. The third-order valence-electron chi connectivity index (χ3n) is 6.81. The van der Waals surface area contributed by atoms with E-state index in [1.165, 1.54) is 55.9 Å². The van der Waals surface area contributed by atoms with Gasteiger partial charge in [-0.05, 0) is 58.7 Å². The van der Waals surface area contributed by atoms with Crippen molar-refractivity contribution >= 4 is 54.3 Å². The molecule has 4 aromatic carbocycles. The molecule has 2 heteroatoms. The highest BCUT2D eigenvalue weighted by molar-refractivity contribution is 6.23. The fourth-order valence-electron chi connectivity index (χ4n) is 5.09. The van der Waals surface area contributed by atoms with E-state index in [-0.39, 0.29) is 0 Å². The van der Waals surface area contributed by atoms with Crippen LogP contribution in [-0.2, 0) is 12.8 Å². The smallest absolute Gasteiger partial charge is 0.142 e. The lowest BCUT2D eigenvalue weighted by Crippen LogP contribution is -1.82. The molecule has 6 rings (SSSR count). The van der Waals surface area contributed by atoms with E-state index in [1.54, 1.807) is 0 Å². The first-order valence-electron chi connectivity index (χ1n) is 12.0. The Morgan fingerprint density at radius 1 is 0.500 bits per heavy atom. The Balaban J connectivity index is 1.55. The second-order valence-corrected chi connectivity index (χ2v) is 9.02. The normalized spacial score (nSPS) is 12.2. The molecule has 6 aromatic rings. The van der Waals surface area contributed by atoms with Crippen LogP contribution < -0.4 is 0 Å². The number of hydrogen-bond donors (Lipinski definition) is 0. The number of furan rings is 2. The van der Waals surface area contributed by atoms with Gasteiger partial charge in [-0.2, -0.15) is 0 Å². The maximum atomic E-state index is 6.30. The molecule has 0 fully saturated rings. The Kier molecular flexibility index (Phi) is 4.68. The fourth-order valence-corrected chi connectivity index (χ4v) is 5.09. The number of fused-ring (bicyclic) bond motifs is 9. The van der Waals surface area contributed by atoms with Crippen molar-refractivity contribution < 1.29 is 8.83 Å². The number of hydrogen-bond acceptors (Lipinski definition) is 2. The van der Waals surface area contributed by atoms with E-state index < -0.39 is 0 Å². The van der Waals surface area contributed by atoms with Crippen LogP contribution in [0.2, 0.25) is 0 Å². The summed E-state index contributed by atoms with van der Waals surface area (Å²) in [6.45, 7) is 4.44. The van der Waals surface area contributed by atoms with Gasteiger partial charge in [-0.15, -0.1) is 0 Å². The van der Waals surface area contributed by atoms with E-state index >= 15 is 0 Å². The standard InChI is InChI=1S/C30H28O2/c1-3-5-7-21-17-19-9-11-25-23-14-16-28-26(24(23)13-15-27(25)29(19)31-21)12-10-20-18-22(8-6-4-2)32-30(20)28/h9-18H,3-8H2,1-2H3. The summed E-state index contributed by atoms with van der Waals surface area (Å²) < 4.78 is 12.6. The van der Waals surface area contributed by atoms with E-state index in [1.807, 2.05) is 0 Å². The van der Waals surface area contributed by atoms with Gasteiger partial charge in [0.2, 0.25) is 0 Å². The van der Waals surface area contributed by atoms with Crippen molar-refractivity contribution in [1.29, 1.82) is 0 Å². The first-order chi connectivity index (χ1) is 15.8. The quantitative estimate of drug-likeness (QED) is 0.251. The zero-order chi connectivity index (χ0) is 21.7. The molecule has 0 atom stereocenters. The van der Waals surface area contributed by atoms with Gasteiger partial charge in [0, 0.05) is 34.4 Å². The molecule has 0 saturated carbocycles. The van der Waals surface area contributed by atoms with Crippen LogP contribution >= 0.6 is 0 Å². The summed E-state index contributed by atoms with van der Waals surface area (Å²) in [5, 5.41) is 9.80. The number of rotatable bonds is 6. The Hall–Kier alpha value is -3.26. The van der Waals surface area contributed by atoms with Gasteiger partial charge in [-0.25, -0.2) is 0 Å². The van der Waals surface area contributed by atoms with Crippen molar-refractivity contribution in [2.75, 3.05) is 0 Å². The summed E-state index contributed by atoms with van der Waals surface area (Å²) >= 11 is 0. The molecule has 0 bridgehead atoms. The van der Waals surface area contributed by atoms with Crippen LogP contribution in [0.25, 0.3) is 54.3 Å². The molecule has 32 heavy (non-hydrogen) atoms. The molecule has 0 N–H and O–H groups in total. The largest absolute Gasteiger partial charge is 0.460 e. The van der Waals surface area contributed by atoms with Crippen LogP contribution in [0.4, 0.5) is 0 Å². The number of unbranched alkanes of at least 4 members (excludes halogenated alkanes) is 2. The zero-order valence-electron chi connectivity index (χ0n) is 18.8. The van der Waals surface area contributed by atoms with E-state index in [9.17, 15) is 0 Å². The molecule has 0 spiro atoms. The lowest BCUT2D eigenvalue weighted by Gasteiger charge is -2.08. The Morgan fingerprint density at radius 3 is 1.31 bits per heavy atom. The van der Waals surface area contributed by atoms with Crippen molar-refractivity contribution in [3.8, 4) is 0 Å². The van der Waals surface area contributed by atoms with E-state index in [0.717, 1.165) is 48.4 Å². The van der Waals surface area contributed by atoms with Gasteiger partial charge in [0.1, 0.15) is 22.7 Å². The van der Waals surface area contributed by atoms with Crippen LogP contribution in [0.15, 0.2) is 69.5 Å². The molecular weight excluding hydrogens is 392 g/mol.